The van der Waals surface area contributed by atoms with Gasteiger partial charge in [0.15, 0.2) is 5.16 Å². The van der Waals surface area contributed by atoms with Gasteiger partial charge in [0.2, 0.25) is 5.91 Å². The van der Waals surface area contributed by atoms with E-state index in [1.165, 1.54) is 11.8 Å². The number of rotatable bonds is 7. The monoisotopic (exact) mass is 460 g/mol. The van der Waals surface area contributed by atoms with Crippen LogP contribution in [-0.4, -0.2) is 25.8 Å². The molecule has 0 aliphatic heterocycles. The van der Waals surface area contributed by atoms with Crippen LogP contribution in [0.5, 0.6) is 0 Å². The molecular formula is C26H28N4O2S. The quantitative estimate of drug-likeness (QED) is 0.306. The summed E-state index contributed by atoms with van der Waals surface area (Å²) in [4.78, 5) is 31.0. The van der Waals surface area contributed by atoms with Gasteiger partial charge in [0.25, 0.3) is 5.56 Å². The molecule has 4 aromatic rings. The number of hydrogen-bond acceptors (Lipinski definition) is 4. The van der Waals surface area contributed by atoms with Crippen LogP contribution in [-0.2, 0) is 18.4 Å². The Morgan fingerprint density at radius 2 is 1.79 bits per heavy atom. The number of thioether (sulfide) groups is 1. The third-order valence-electron chi connectivity index (χ3n) is 5.41. The summed E-state index contributed by atoms with van der Waals surface area (Å²) in [6.45, 7) is 6.58. The fraction of sp³-hybridized carbons (Fsp3) is 0.269. The van der Waals surface area contributed by atoms with E-state index in [1.807, 2.05) is 81.0 Å². The lowest BCUT2D eigenvalue weighted by atomic mass is 10.1. The highest BCUT2D eigenvalue weighted by Gasteiger charge is 2.19. The molecule has 0 aliphatic rings. The van der Waals surface area contributed by atoms with Crippen LogP contribution in [0.2, 0.25) is 0 Å². The van der Waals surface area contributed by atoms with Crippen LogP contribution in [0.4, 0.5) is 5.69 Å². The van der Waals surface area contributed by atoms with E-state index in [2.05, 4.69) is 11.4 Å². The van der Waals surface area contributed by atoms with Crippen LogP contribution in [0.25, 0.3) is 22.2 Å². The molecule has 0 unspecified atom stereocenters. The molecule has 0 aliphatic carbocycles. The molecule has 2 aromatic carbocycles. The highest BCUT2D eigenvalue weighted by molar-refractivity contribution is 7.99. The maximum atomic E-state index is 13.4. The molecule has 0 radical (unpaired) electrons. The summed E-state index contributed by atoms with van der Waals surface area (Å²) in [5.74, 6) is 0.0426. The van der Waals surface area contributed by atoms with E-state index in [0.29, 0.717) is 22.7 Å². The second-order valence-corrected chi connectivity index (χ2v) is 9.22. The second-order valence-electron chi connectivity index (χ2n) is 8.28. The Hall–Kier alpha value is -3.32. The Morgan fingerprint density at radius 1 is 1.09 bits per heavy atom. The van der Waals surface area contributed by atoms with Gasteiger partial charge in [0, 0.05) is 31.0 Å². The summed E-state index contributed by atoms with van der Waals surface area (Å²) in [6, 6.07) is 15.9. The third-order valence-corrected chi connectivity index (χ3v) is 6.39. The van der Waals surface area contributed by atoms with Crippen LogP contribution in [0.3, 0.4) is 0 Å². The maximum Gasteiger partial charge on any atom is 0.278 e. The average molecular weight is 461 g/mol. The summed E-state index contributed by atoms with van der Waals surface area (Å²) < 4.78 is 3.53. The van der Waals surface area contributed by atoms with Crippen LogP contribution >= 0.6 is 11.8 Å². The highest BCUT2D eigenvalue weighted by atomic mass is 32.2. The molecule has 0 saturated carbocycles. The Bertz CT molecular complexity index is 1350. The zero-order chi connectivity index (χ0) is 23.5. The molecule has 1 amide bonds. The smallest absolute Gasteiger partial charge is 0.278 e. The summed E-state index contributed by atoms with van der Waals surface area (Å²) in [7, 11) is 1.87. The molecule has 4 rings (SSSR count). The second kappa shape index (κ2) is 9.67. The molecule has 170 valence electrons. The van der Waals surface area contributed by atoms with Gasteiger partial charge in [-0.1, -0.05) is 55.1 Å². The summed E-state index contributed by atoms with van der Waals surface area (Å²) in [5.41, 5.74) is 6.05. The van der Waals surface area contributed by atoms with E-state index in [4.69, 9.17) is 4.98 Å². The lowest BCUT2D eigenvalue weighted by Gasteiger charge is -2.12. The molecule has 33 heavy (non-hydrogen) atoms. The largest absolute Gasteiger partial charge is 0.344 e. The Balaban J connectivity index is 1.68. The minimum Gasteiger partial charge on any atom is -0.344 e. The topological polar surface area (TPSA) is 68.9 Å². The zero-order valence-electron chi connectivity index (χ0n) is 19.4. The molecule has 6 nitrogen and oxygen atoms in total. The number of fused-ring (bicyclic) bond motifs is 1. The SMILES string of the molecule is CCCn1c(SCC(=O)Nc2cc(C)cc(C)c2)nc2c(-c3ccccc3)cn(C)c2c1=O. The summed E-state index contributed by atoms with van der Waals surface area (Å²) in [5, 5.41) is 3.52. The number of nitrogens with one attached hydrogen (secondary N) is 1. The Morgan fingerprint density at radius 3 is 2.45 bits per heavy atom. The van der Waals surface area contributed by atoms with Crippen molar-refractivity contribution in [3.8, 4) is 11.1 Å². The van der Waals surface area contributed by atoms with Gasteiger partial charge in [-0.2, -0.15) is 0 Å². The molecular weight excluding hydrogens is 432 g/mol. The van der Waals surface area contributed by atoms with E-state index in [-0.39, 0.29) is 17.2 Å². The van der Waals surface area contributed by atoms with Gasteiger partial charge in [-0.15, -0.1) is 0 Å². The van der Waals surface area contributed by atoms with Crippen molar-refractivity contribution in [2.45, 2.75) is 38.9 Å². The standard InChI is InChI=1S/C26H28N4O2S/c1-5-11-30-25(32)24-23(21(15-29(24)4)19-9-7-6-8-10-19)28-26(30)33-16-22(31)27-20-13-17(2)12-18(3)14-20/h6-10,12-15H,5,11,16H2,1-4H3,(H,27,31). The number of hydrogen-bond donors (Lipinski definition) is 1. The number of aryl methyl sites for hydroxylation is 3. The molecule has 0 atom stereocenters. The van der Waals surface area contributed by atoms with E-state index in [1.54, 1.807) is 4.57 Å². The molecule has 2 heterocycles. The van der Waals surface area contributed by atoms with Crippen molar-refractivity contribution in [2.75, 3.05) is 11.1 Å². The maximum absolute atomic E-state index is 13.4. The highest BCUT2D eigenvalue weighted by Crippen LogP contribution is 2.29. The molecule has 7 heteroatoms. The fourth-order valence-electron chi connectivity index (χ4n) is 4.08. The number of aromatic nitrogens is 3. The van der Waals surface area contributed by atoms with Crippen LogP contribution < -0.4 is 10.9 Å². The van der Waals surface area contributed by atoms with Crippen molar-refractivity contribution < 1.29 is 4.79 Å². The van der Waals surface area contributed by atoms with Gasteiger partial charge >= 0.3 is 0 Å². The van der Waals surface area contributed by atoms with Crippen molar-refractivity contribution in [1.29, 1.82) is 0 Å². The fourth-order valence-corrected chi connectivity index (χ4v) is 4.90. The van der Waals surface area contributed by atoms with Gasteiger partial charge in [-0.3, -0.25) is 14.2 Å². The first-order valence-corrected chi connectivity index (χ1v) is 12.0. The number of carbonyl (C=O) groups is 1. The molecule has 2 aromatic heterocycles. The number of carbonyl (C=O) groups excluding carboxylic acids is 1. The number of benzene rings is 2. The summed E-state index contributed by atoms with van der Waals surface area (Å²) >= 11 is 1.30. The van der Waals surface area contributed by atoms with Crippen LogP contribution in [0.1, 0.15) is 24.5 Å². The van der Waals surface area contributed by atoms with Gasteiger partial charge in [0.05, 0.1) is 5.75 Å². The first kappa shape index (κ1) is 22.9. The van der Waals surface area contributed by atoms with Crippen molar-refractivity contribution in [1.82, 2.24) is 14.1 Å². The lowest BCUT2D eigenvalue weighted by molar-refractivity contribution is -0.113. The van der Waals surface area contributed by atoms with Crippen molar-refractivity contribution in [3.05, 3.63) is 76.2 Å². The normalized spacial score (nSPS) is 11.2. The minimum atomic E-state index is -0.126. The summed E-state index contributed by atoms with van der Waals surface area (Å²) in [6.07, 6.45) is 2.75. The van der Waals surface area contributed by atoms with Gasteiger partial charge in [0.1, 0.15) is 11.0 Å². The van der Waals surface area contributed by atoms with Gasteiger partial charge in [-0.05, 0) is 49.1 Å². The van der Waals surface area contributed by atoms with Crippen LogP contribution in [0, 0.1) is 13.8 Å². The van der Waals surface area contributed by atoms with Crippen LogP contribution in [0.15, 0.2) is 64.7 Å². The predicted molar refractivity (Wildman–Crippen MR) is 136 cm³/mol. The molecule has 1 N–H and O–H groups in total. The van der Waals surface area contributed by atoms with E-state index in [0.717, 1.165) is 34.4 Å². The lowest BCUT2D eigenvalue weighted by Crippen LogP contribution is -2.25. The first-order valence-electron chi connectivity index (χ1n) is 11.0. The van der Waals surface area contributed by atoms with Gasteiger partial charge in [-0.25, -0.2) is 4.98 Å². The van der Waals surface area contributed by atoms with Crippen molar-refractivity contribution in [2.24, 2.45) is 7.05 Å². The Kier molecular flexibility index (Phi) is 6.70. The van der Waals surface area contributed by atoms with E-state index in [9.17, 15) is 9.59 Å². The zero-order valence-corrected chi connectivity index (χ0v) is 20.2. The molecule has 0 bridgehead atoms. The minimum absolute atomic E-state index is 0.0799. The Labute approximate surface area is 197 Å². The molecule has 0 saturated heterocycles. The predicted octanol–water partition coefficient (Wildman–Crippen LogP) is 5.16. The van der Waals surface area contributed by atoms with Gasteiger partial charge < -0.3 is 9.88 Å². The first-order chi connectivity index (χ1) is 15.9. The number of amides is 1. The molecule has 0 fully saturated rings. The number of nitrogens with zero attached hydrogens (tertiary/aromatic N) is 3. The van der Waals surface area contributed by atoms with E-state index < -0.39 is 0 Å². The molecule has 0 spiro atoms. The number of anilines is 1. The third kappa shape index (κ3) is 4.88. The average Bonchev–Trinajstić information content (AvgIpc) is 3.11. The van der Waals surface area contributed by atoms with E-state index >= 15 is 0 Å². The van der Waals surface area contributed by atoms with Crippen molar-refractivity contribution >= 4 is 34.4 Å². The van der Waals surface area contributed by atoms with Crippen molar-refractivity contribution in [3.63, 3.8) is 0 Å².